The third kappa shape index (κ3) is 4.72. The van der Waals surface area contributed by atoms with Gasteiger partial charge in [0.1, 0.15) is 0 Å². The third-order valence-electron chi connectivity index (χ3n) is 5.63. The summed E-state index contributed by atoms with van der Waals surface area (Å²) in [5, 5.41) is 9.39. The number of carbonyl (C=O) groups excluding carboxylic acids is 1. The molecule has 0 radical (unpaired) electrons. The second-order valence-corrected chi connectivity index (χ2v) is 10.8. The van der Waals surface area contributed by atoms with E-state index in [4.69, 9.17) is 4.74 Å². The van der Waals surface area contributed by atoms with Gasteiger partial charge in [-0.1, -0.05) is 23.9 Å². The fourth-order valence-electron chi connectivity index (χ4n) is 3.70. The standard InChI is InChI=1S/C22H23N5O4S2/c28-20(16-1-5-19(6-2-16)33(29,30)26-11-13-31-14-12-26)15-32-22-25-24-21(27(22)18-3-4-18)17-7-9-23-10-8-17/h1-2,5-10,18H,3-4,11-15H2. The van der Waals surface area contributed by atoms with E-state index in [-0.39, 0.29) is 16.4 Å². The number of benzene rings is 1. The van der Waals surface area contributed by atoms with Gasteiger partial charge in [0.2, 0.25) is 10.0 Å². The van der Waals surface area contributed by atoms with Crippen LogP contribution in [0.1, 0.15) is 29.2 Å². The van der Waals surface area contributed by atoms with Gasteiger partial charge in [-0.05, 0) is 37.1 Å². The molecule has 3 aromatic rings. The van der Waals surface area contributed by atoms with E-state index in [0.29, 0.717) is 43.1 Å². The Morgan fingerprint density at radius 2 is 1.73 bits per heavy atom. The number of carbonyl (C=O) groups is 1. The minimum absolute atomic E-state index is 0.0915. The lowest BCUT2D eigenvalue weighted by atomic mass is 10.1. The van der Waals surface area contributed by atoms with E-state index in [2.05, 4.69) is 19.7 Å². The maximum absolute atomic E-state index is 12.8. The van der Waals surface area contributed by atoms with Gasteiger partial charge in [0.25, 0.3) is 0 Å². The molecule has 0 amide bonds. The normalized spacial score (nSPS) is 17.2. The van der Waals surface area contributed by atoms with Crippen LogP contribution in [0.4, 0.5) is 0 Å². The lowest BCUT2D eigenvalue weighted by Gasteiger charge is -2.26. The van der Waals surface area contributed by atoms with Crippen LogP contribution in [0.15, 0.2) is 58.8 Å². The van der Waals surface area contributed by atoms with Crippen molar-refractivity contribution in [3.05, 3.63) is 54.4 Å². The van der Waals surface area contributed by atoms with Gasteiger partial charge in [-0.15, -0.1) is 10.2 Å². The monoisotopic (exact) mass is 485 g/mol. The maximum Gasteiger partial charge on any atom is 0.243 e. The van der Waals surface area contributed by atoms with E-state index in [1.165, 1.54) is 28.2 Å². The van der Waals surface area contributed by atoms with Crippen molar-refractivity contribution in [2.45, 2.75) is 28.9 Å². The van der Waals surface area contributed by atoms with Crippen LogP contribution in [0.2, 0.25) is 0 Å². The summed E-state index contributed by atoms with van der Waals surface area (Å²) in [6.45, 7) is 1.45. The molecular formula is C22H23N5O4S2. The largest absolute Gasteiger partial charge is 0.379 e. The topological polar surface area (TPSA) is 107 Å². The molecule has 1 aromatic carbocycles. The molecule has 0 spiro atoms. The Hall–Kier alpha value is -2.60. The Labute approximate surface area is 196 Å². The zero-order valence-corrected chi connectivity index (χ0v) is 19.5. The molecule has 3 heterocycles. The van der Waals surface area contributed by atoms with Crippen molar-refractivity contribution in [1.82, 2.24) is 24.1 Å². The molecule has 2 aliphatic rings. The number of hydrogen-bond acceptors (Lipinski definition) is 8. The summed E-state index contributed by atoms with van der Waals surface area (Å²) >= 11 is 1.35. The van der Waals surface area contributed by atoms with Gasteiger partial charge >= 0.3 is 0 Å². The lowest BCUT2D eigenvalue weighted by molar-refractivity contribution is 0.0730. The summed E-state index contributed by atoms with van der Waals surface area (Å²) in [6, 6.07) is 10.3. The summed E-state index contributed by atoms with van der Waals surface area (Å²) in [7, 11) is -3.58. The second-order valence-electron chi connectivity index (χ2n) is 7.90. The van der Waals surface area contributed by atoms with Crippen molar-refractivity contribution in [1.29, 1.82) is 0 Å². The number of rotatable bonds is 8. The minimum Gasteiger partial charge on any atom is -0.379 e. The average molecular weight is 486 g/mol. The highest BCUT2D eigenvalue weighted by Gasteiger charge is 2.30. The number of ether oxygens (including phenoxy) is 1. The quantitative estimate of drug-likeness (QED) is 0.354. The van der Waals surface area contributed by atoms with Crippen LogP contribution in [0.5, 0.6) is 0 Å². The van der Waals surface area contributed by atoms with Crippen molar-refractivity contribution in [3.63, 3.8) is 0 Å². The predicted octanol–water partition coefficient (Wildman–Crippen LogP) is 2.67. The van der Waals surface area contributed by atoms with Gasteiger partial charge in [-0.25, -0.2) is 8.42 Å². The molecule has 2 aromatic heterocycles. The van der Waals surface area contributed by atoms with E-state index in [1.807, 2.05) is 12.1 Å². The van der Waals surface area contributed by atoms with Gasteiger partial charge in [-0.2, -0.15) is 4.31 Å². The zero-order valence-electron chi connectivity index (χ0n) is 17.8. The van der Waals surface area contributed by atoms with Crippen LogP contribution in [-0.2, 0) is 14.8 Å². The van der Waals surface area contributed by atoms with E-state index < -0.39 is 10.0 Å². The third-order valence-corrected chi connectivity index (χ3v) is 8.49. The van der Waals surface area contributed by atoms with E-state index in [9.17, 15) is 13.2 Å². The molecule has 0 unspecified atom stereocenters. The summed E-state index contributed by atoms with van der Waals surface area (Å²) in [5.74, 6) is 0.884. The molecule has 1 aliphatic carbocycles. The molecule has 1 saturated carbocycles. The Balaban J connectivity index is 1.28. The Kier molecular flexibility index (Phi) is 6.28. The lowest BCUT2D eigenvalue weighted by Crippen LogP contribution is -2.40. The number of hydrogen-bond donors (Lipinski definition) is 0. The van der Waals surface area contributed by atoms with Crippen molar-refractivity contribution in [3.8, 4) is 11.4 Å². The van der Waals surface area contributed by atoms with Crippen molar-refractivity contribution in [2.75, 3.05) is 32.1 Å². The van der Waals surface area contributed by atoms with Crippen molar-refractivity contribution >= 4 is 27.6 Å². The molecule has 172 valence electrons. The molecule has 0 bridgehead atoms. The smallest absolute Gasteiger partial charge is 0.243 e. The number of Topliss-reactive ketones (excluding diaryl/α,β-unsaturated/α-hetero) is 1. The number of nitrogens with zero attached hydrogens (tertiary/aromatic N) is 5. The first kappa shape index (κ1) is 22.2. The molecule has 9 nitrogen and oxygen atoms in total. The van der Waals surface area contributed by atoms with Crippen LogP contribution in [-0.4, -0.2) is 70.3 Å². The minimum atomic E-state index is -3.58. The van der Waals surface area contributed by atoms with E-state index >= 15 is 0 Å². The first-order chi connectivity index (χ1) is 16.0. The fourth-order valence-corrected chi connectivity index (χ4v) is 6.01. The van der Waals surface area contributed by atoms with Crippen molar-refractivity contribution < 1.29 is 17.9 Å². The van der Waals surface area contributed by atoms with Gasteiger partial charge in [-0.3, -0.25) is 14.3 Å². The first-order valence-corrected chi connectivity index (χ1v) is 13.2. The van der Waals surface area contributed by atoms with Gasteiger partial charge in [0, 0.05) is 42.7 Å². The highest BCUT2D eigenvalue weighted by atomic mass is 32.2. The molecule has 5 rings (SSSR count). The average Bonchev–Trinajstić information content (AvgIpc) is 3.62. The number of thioether (sulfide) groups is 1. The molecule has 0 N–H and O–H groups in total. The summed E-state index contributed by atoms with van der Waals surface area (Å²) in [5.41, 5.74) is 1.41. The Bertz CT molecular complexity index is 1240. The number of morpholine rings is 1. The predicted molar refractivity (Wildman–Crippen MR) is 123 cm³/mol. The summed E-state index contributed by atoms with van der Waals surface area (Å²) in [6.07, 6.45) is 5.58. The summed E-state index contributed by atoms with van der Waals surface area (Å²) in [4.78, 5) is 17.0. The van der Waals surface area contributed by atoms with E-state index in [1.54, 1.807) is 24.5 Å². The second kappa shape index (κ2) is 9.34. The van der Waals surface area contributed by atoms with Crippen LogP contribution in [0.25, 0.3) is 11.4 Å². The molecule has 1 aliphatic heterocycles. The molecule has 0 atom stereocenters. The van der Waals surface area contributed by atoms with Gasteiger partial charge in [0.05, 0.1) is 23.9 Å². The molecule has 11 heteroatoms. The number of aromatic nitrogens is 4. The SMILES string of the molecule is O=C(CSc1nnc(-c2ccncc2)n1C1CC1)c1ccc(S(=O)(=O)N2CCOCC2)cc1. The van der Waals surface area contributed by atoms with Gasteiger partial charge < -0.3 is 4.74 Å². The highest BCUT2D eigenvalue weighted by Crippen LogP contribution is 2.41. The highest BCUT2D eigenvalue weighted by molar-refractivity contribution is 7.99. The van der Waals surface area contributed by atoms with Crippen LogP contribution < -0.4 is 0 Å². The Morgan fingerprint density at radius 1 is 1.03 bits per heavy atom. The number of sulfonamides is 1. The van der Waals surface area contributed by atoms with Crippen LogP contribution >= 0.6 is 11.8 Å². The molecule has 2 fully saturated rings. The fraction of sp³-hybridized carbons (Fsp3) is 0.364. The summed E-state index contributed by atoms with van der Waals surface area (Å²) < 4.78 is 34.3. The number of ketones is 1. The van der Waals surface area contributed by atoms with Gasteiger partial charge in [0.15, 0.2) is 16.8 Å². The van der Waals surface area contributed by atoms with Crippen LogP contribution in [0.3, 0.4) is 0 Å². The Morgan fingerprint density at radius 3 is 2.39 bits per heavy atom. The first-order valence-electron chi connectivity index (χ1n) is 10.7. The molecular weight excluding hydrogens is 462 g/mol. The van der Waals surface area contributed by atoms with Crippen LogP contribution in [0, 0.1) is 0 Å². The number of pyridine rings is 1. The van der Waals surface area contributed by atoms with E-state index in [0.717, 1.165) is 24.2 Å². The van der Waals surface area contributed by atoms with Crippen molar-refractivity contribution in [2.24, 2.45) is 0 Å². The molecule has 1 saturated heterocycles. The zero-order chi connectivity index (χ0) is 22.8. The maximum atomic E-state index is 12.8. The molecule has 33 heavy (non-hydrogen) atoms.